The van der Waals surface area contributed by atoms with Gasteiger partial charge in [0.2, 0.25) is 0 Å². The number of hydrogen-bond acceptors (Lipinski definition) is 6. The lowest BCUT2D eigenvalue weighted by Gasteiger charge is -2.17. The van der Waals surface area contributed by atoms with Crippen molar-refractivity contribution in [1.82, 2.24) is 24.3 Å². The van der Waals surface area contributed by atoms with Crippen molar-refractivity contribution < 1.29 is 9.53 Å². The first-order chi connectivity index (χ1) is 13.4. The number of pyridine rings is 1. The molecule has 3 aromatic heterocycles. The highest BCUT2D eigenvalue weighted by Crippen LogP contribution is 2.25. The summed E-state index contributed by atoms with van der Waals surface area (Å²) in [7, 11) is 3.59. The summed E-state index contributed by atoms with van der Waals surface area (Å²) in [6, 6.07) is 5.92. The van der Waals surface area contributed by atoms with Crippen LogP contribution in [0.4, 0.5) is 0 Å². The van der Waals surface area contributed by atoms with E-state index >= 15 is 0 Å². The van der Waals surface area contributed by atoms with Gasteiger partial charge in [0.15, 0.2) is 16.8 Å². The number of carbonyl (C=O) groups is 1. The molecule has 0 aliphatic heterocycles. The smallest absolute Gasteiger partial charge is 0.191 e. The van der Waals surface area contributed by atoms with E-state index in [4.69, 9.17) is 4.74 Å². The van der Waals surface area contributed by atoms with Gasteiger partial charge < -0.3 is 13.9 Å². The van der Waals surface area contributed by atoms with Gasteiger partial charge in [-0.2, -0.15) is 0 Å². The highest BCUT2D eigenvalue weighted by atomic mass is 32.2. The van der Waals surface area contributed by atoms with E-state index in [1.54, 1.807) is 19.5 Å². The number of ketones is 1. The molecule has 0 aliphatic carbocycles. The van der Waals surface area contributed by atoms with Crippen molar-refractivity contribution in [1.29, 1.82) is 0 Å². The van der Waals surface area contributed by atoms with Crippen molar-refractivity contribution >= 4 is 17.5 Å². The largest absolute Gasteiger partial charge is 0.383 e. The van der Waals surface area contributed by atoms with Crippen LogP contribution in [0.2, 0.25) is 0 Å². The first-order valence-corrected chi connectivity index (χ1v) is 10.1. The number of hydrogen-bond donors (Lipinski definition) is 0. The summed E-state index contributed by atoms with van der Waals surface area (Å²) >= 11 is 1.40. The van der Waals surface area contributed by atoms with E-state index in [1.807, 2.05) is 43.7 Å². The van der Waals surface area contributed by atoms with Gasteiger partial charge in [-0.05, 0) is 39.0 Å². The van der Waals surface area contributed by atoms with Crippen LogP contribution in [0, 0.1) is 13.8 Å². The second-order valence-corrected chi connectivity index (χ2v) is 7.71. The molecular weight excluding hydrogens is 374 g/mol. The molecule has 3 heterocycles. The van der Waals surface area contributed by atoms with Gasteiger partial charge in [-0.25, -0.2) is 0 Å². The topological polar surface area (TPSA) is 74.8 Å². The molecule has 148 valence electrons. The number of aromatic nitrogens is 5. The van der Waals surface area contributed by atoms with Crippen molar-refractivity contribution in [3.8, 4) is 11.4 Å². The molecule has 0 saturated heterocycles. The Labute approximate surface area is 169 Å². The minimum Gasteiger partial charge on any atom is -0.383 e. The zero-order chi connectivity index (χ0) is 20.3. The maximum atomic E-state index is 12.8. The minimum atomic E-state index is 0.0856. The van der Waals surface area contributed by atoms with E-state index in [9.17, 15) is 4.79 Å². The van der Waals surface area contributed by atoms with Crippen LogP contribution in [0.25, 0.3) is 11.4 Å². The molecule has 0 N–H and O–H groups in total. The van der Waals surface area contributed by atoms with Crippen LogP contribution >= 0.6 is 11.8 Å². The summed E-state index contributed by atoms with van der Waals surface area (Å²) in [5, 5.41) is 9.20. The first kappa shape index (κ1) is 20.3. The predicted molar refractivity (Wildman–Crippen MR) is 110 cm³/mol. The molecule has 1 atom stereocenters. The number of ether oxygens (including phenoxy) is 1. The Kier molecular flexibility index (Phi) is 6.31. The molecule has 0 unspecified atom stereocenters. The van der Waals surface area contributed by atoms with Gasteiger partial charge in [-0.3, -0.25) is 9.78 Å². The van der Waals surface area contributed by atoms with Gasteiger partial charge in [0.1, 0.15) is 0 Å². The predicted octanol–water partition coefficient (Wildman–Crippen LogP) is 3.48. The average Bonchev–Trinajstić information content (AvgIpc) is 3.20. The molecule has 0 fully saturated rings. The van der Waals surface area contributed by atoms with Crippen LogP contribution in [0.15, 0.2) is 35.7 Å². The van der Waals surface area contributed by atoms with E-state index in [2.05, 4.69) is 26.7 Å². The Bertz CT molecular complexity index is 965. The second-order valence-electron chi connectivity index (χ2n) is 6.77. The molecule has 0 saturated carbocycles. The van der Waals surface area contributed by atoms with Gasteiger partial charge in [-0.15, -0.1) is 10.2 Å². The number of carbonyl (C=O) groups excluding carboxylic acids is 1. The van der Waals surface area contributed by atoms with E-state index in [1.165, 1.54) is 11.8 Å². The molecule has 3 rings (SSSR count). The number of nitrogens with zero attached hydrogens (tertiary/aromatic N) is 5. The molecule has 0 amide bonds. The zero-order valence-electron chi connectivity index (χ0n) is 16.8. The maximum absolute atomic E-state index is 12.8. The van der Waals surface area contributed by atoms with Crippen LogP contribution in [-0.4, -0.2) is 49.6 Å². The molecule has 0 spiro atoms. The van der Waals surface area contributed by atoms with E-state index in [-0.39, 0.29) is 11.8 Å². The Hall–Kier alpha value is -2.45. The molecule has 0 aliphatic rings. The molecule has 0 radical (unpaired) electrons. The van der Waals surface area contributed by atoms with Crippen LogP contribution in [0.1, 0.15) is 34.7 Å². The summed E-state index contributed by atoms with van der Waals surface area (Å²) in [5.41, 5.74) is 3.74. The third-order valence-corrected chi connectivity index (χ3v) is 5.76. The Morgan fingerprint density at radius 3 is 2.64 bits per heavy atom. The number of thioether (sulfide) groups is 1. The normalized spacial score (nSPS) is 12.3. The zero-order valence-corrected chi connectivity index (χ0v) is 17.7. The third-order valence-electron chi connectivity index (χ3n) is 4.74. The second kappa shape index (κ2) is 8.70. The third kappa shape index (κ3) is 4.02. The SMILES string of the molecule is COC[C@H](C)n1c(C)cc(C(=O)CSc2nnc(-c3ccncc3)n2C)c1C. The number of rotatable bonds is 8. The van der Waals surface area contributed by atoms with E-state index in [0.717, 1.165) is 28.3 Å². The summed E-state index contributed by atoms with van der Waals surface area (Å²) in [6.45, 7) is 6.70. The molecule has 8 heteroatoms. The minimum absolute atomic E-state index is 0.0856. The van der Waals surface area contributed by atoms with Crippen LogP contribution in [-0.2, 0) is 11.8 Å². The van der Waals surface area contributed by atoms with Crippen LogP contribution in [0.3, 0.4) is 0 Å². The Balaban J connectivity index is 1.73. The van der Waals surface area contributed by atoms with Gasteiger partial charge in [0.25, 0.3) is 0 Å². The maximum Gasteiger partial charge on any atom is 0.191 e. The molecule has 0 bridgehead atoms. The summed E-state index contributed by atoms with van der Waals surface area (Å²) in [4.78, 5) is 16.9. The molecule has 28 heavy (non-hydrogen) atoms. The van der Waals surface area contributed by atoms with Gasteiger partial charge >= 0.3 is 0 Å². The monoisotopic (exact) mass is 399 g/mol. The molecule has 7 nitrogen and oxygen atoms in total. The fourth-order valence-electron chi connectivity index (χ4n) is 3.45. The quantitative estimate of drug-likeness (QED) is 0.426. The number of aryl methyl sites for hydroxylation is 1. The van der Waals surface area contributed by atoms with Crippen molar-refractivity contribution in [2.24, 2.45) is 7.05 Å². The number of methoxy groups -OCH3 is 1. The van der Waals surface area contributed by atoms with Crippen LogP contribution in [0.5, 0.6) is 0 Å². The van der Waals surface area contributed by atoms with Crippen molar-refractivity contribution in [2.75, 3.05) is 19.5 Å². The fourth-order valence-corrected chi connectivity index (χ4v) is 4.25. The number of Topliss-reactive ketones (excluding diaryl/α,β-unsaturated/α-hetero) is 1. The van der Waals surface area contributed by atoms with Gasteiger partial charge in [-0.1, -0.05) is 11.8 Å². The van der Waals surface area contributed by atoms with E-state index in [0.29, 0.717) is 17.5 Å². The first-order valence-electron chi connectivity index (χ1n) is 9.07. The highest BCUT2D eigenvalue weighted by molar-refractivity contribution is 7.99. The van der Waals surface area contributed by atoms with Crippen molar-refractivity contribution in [3.05, 3.63) is 47.5 Å². The fraction of sp³-hybridized carbons (Fsp3) is 0.400. The molecule has 0 aromatic carbocycles. The lowest BCUT2D eigenvalue weighted by Crippen LogP contribution is -2.14. The average molecular weight is 400 g/mol. The Morgan fingerprint density at radius 2 is 1.96 bits per heavy atom. The summed E-state index contributed by atoms with van der Waals surface area (Å²) < 4.78 is 9.32. The lowest BCUT2D eigenvalue weighted by atomic mass is 10.2. The van der Waals surface area contributed by atoms with Crippen molar-refractivity contribution in [3.63, 3.8) is 0 Å². The summed E-state index contributed by atoms with van der Waals surface area (Å²) in [5.74, 6) is 1.15. The standard InChI is InChI=1S/C20H25N5O2S/c1-13-10-17(15(3)25(13)14(2)11-27-5)18(26)12-28-20-23-22-19(24(20)4)16-6-8-21-9-7-16/h6-10,14H,11-12H2,1-5H3/t14-/m0/s1. The van der Waals surface area contributed by atoms with Crippen molar-refractivity contribution in [2.45, 2.75) is 32.0 Å². The van der Waals surface area contributed by atoms with Gasteiger partial charge in [0.05, 0.1) is 18.4 Å². The molecular formula is C20H25N5O2S. The van der Waals surface area contributed by atoms with Gasteiger partial charge in [0, 0.05) is 49.1 Å². The lowest BCUT2D eigenvalue weighted by molar-refractivity contribution is 0.102. The van der Waals surface area contributed by atoms with E-state index < -0.39 is 0 Å². The summed E-state index contributed by atoms with van der Waals surface area (Å²) in [6.07, 6.45) is 3.45. The molecule has 3 aromatic rings. The Morgan fingerprint density at radius 1 is 1.25 bits per heavy atom. The highest BCUT2D eigenvalue weighted by Gasteiger charge is 2.20. The van der Waals surface area contributed by atoms with Crippen LogP contribution < -0.4 is 0 Å².